The van der Waals surface area contributed by atoms with E-state index in [1.165, 1.54) is 11.3 Å². The van der Waals surface area contributed by atoms with Crippen LogP contribution in [-0.2, 0) is 16.0 Å². The predicted molar refractivity (Wildman–Crippen MR) is 73.2 cm³/mol. The lowest BCUT2D eigenvalue weighted by Crippen LogP contribution is -2.46. The van der Waals surface area contributed by atoms with E-state index in [1.54, 1.807) is 0 Å². The molecule has 2 saturated heterocycles. The SMILES string of the molecule is Cc1ccc([C@H]2CCOC2)c(CN(C)C2COC2)n1. The molecule has 1 aromatic heterocycles. The van der Waals surface area contributed by atoms with E-state index in [-0.39, 0.29) is 0 Å². The summed E-state index contributed by atoms with van der Waals surface area (Å²) in [5.41, 5.74) is 3.68. The molecule has 0 radical (unpaired) electrons. The van der Waals surface area contributed by atoms with Gasteiger partial charge in [0, 0.05) is 24.8 Å². The molecule has 19 heavy (non-hydrogen) atoms. The summed E-state index contributed by atoms with van der Waals surface area (Å²) in [5.74, 6) is 0.522. The number of hydrogen-bond donors (Lipinski definition) is 0. The fourth-order valence-corrected chi connectivity index (χ4v) is 2.74. The number of nitrogens with zero attached hydrogens (tertiary/aromatic N) is 2. The maximum absolute atomic E-state index is 5.52. The molecule has 4 nitrogen and oxygen atoms in total. The van der Waals surface area contributed by atoms with Crippen molar-refractivity contribution in [3.05, 3.63) is 29.1 Å². The summed E-state index contributed by atoms with van der Waals surface area (Å²) < 4.78 is 10.8. The van der Waals surface area contributed by atoms with Gasteiger partial charge in [0.05, 0.1) is 31.6 Å². The highest BCUT2D eigenvalue weighted by molar-refractivity contribution is 5.27. The van der Waals surface area contributed by atoms with Gasteiger partial charge in [0.1, 0.15) is 0 Å². The third-order valence-electron chi connectivity index (χ3n) is 4.16. The first kappa shape index (κ1) is 13.0. The minimum Gasteiger partial charge on any atom is -0.381 e. The van der Waals surface area contributed by atoms with Crippen molar-refractivity contribution in [3.63, 3.8) is 0 Å². The van der Waals surface area contributed by atoms with Crippen molar-refractivity contribution in [1.29, 1.82) is 0 Å². The van der Waals surface area contributed by atoms with E-state index in [1.807, 2.05) is 0 Å². The number of aryl methyl sites for hydroxylation is 1. The van der Waals surface area contributed by atoms with Crippen molar-refractivity contribution < 1.29 is 9.47 Å². The van der Waals surface area contributed by atoms with Gasteiger partial charge in [0.2, 0.25) is 0 Å². The minimum absolute atomic E-state index is 0.522. The lowest BCUT2D eigenvalue weighted by molar-refractivity contribution is -0.0590. The molecule has 0 aromatic carbocycles. The van der Waals surface area contributed by atoms with Crippen LogP contribution in [0.25, 0.3) is 0 Å². The summed E-state index contributed by atoms with van der Waals surface area (Å²) in [6.07, 6.45) is 1.12. The highest BCUT2D eigenvalue weighted by atomic mass is 16.5. The van der Waals surface area contributed by atoms with E-state index in [9.17, 15) is 0 Å². The molecule has 0 aliphatic carbocycles. The van der Waals surface area contributed by atoms with Crippen molar-refractivity contribution in [1.82, 2.24) is 9.88 Å². The van der Waals surface area contributed by atoms with E-state index in [2.05, 4.69) is 31.0 Å². The smallest absolute Gasteiger partial charge is 0.0645 e. The van der Waals surface area contributed by atoms with E-state index in [0.29, 0.717) is 12.0 Å². The highest BCUT2D eigenvalue weighted by Crippen LogP contribution is 2.28. The standard InChI is InChI=1S/C15H22N2O2/c1-11-3-4-14(12-5-6-18-8-12)15(16-11)7-17(2)13-9-19-10-13/h3-4,12-13H,5-10H2,1-2H3/t12-/m0/s1. The fraction of sp³-hybridized carbons (Fsp3) is 0.667. The first-order valence-corrected chi connectivity index (χ1v) is 7.06. The Labute approximate surface area is 114 Å². The maximum Gasteiger partial charge on any atom is 0.0645 e. The predicted octanol–water partition coefficient (Wildman–Crippen LogP) is 1.72. The van der Waals surface area contributed by atoms with Crippen LogP contribution < -0.4 is 0 Å². The topological polar surface area (TPSA) is 34.6 Å². The van der Waals surface area contributed by atoms with E-state index < -0.39 is 0 Å². The second kappa shape index (κ2) is 5.57. The van der Waals surface area contributed by atoms with Crippen LogP contribution in [0.5, 0.6) is 0 Å². The Bertz CT molecular complexity index is 440. The van der Waals surface area contributed by atoms with Gasteiger partial charge in [-0.2, -0.15) is 0 Å². The molecule has 0 saturated carbocycles. The van der Waals surface area contributed by atoms with E-state index in [0.717, 1.165) is 45.1 Å². The Hall–Kier alpha value is -0.970. The number of aromatic nitrogens is 1. The molecule has 3 rings (SSSR count). The van der Waals surface area contributed by atoms with Crippen molar-refractivity contribution >= 4 is 0 Å². The molecule has 2 aliphatic heterocycles. The molecule has 0 unspecified atom stereocenters. The third kappa shape index (κ3) is 2.81. The van der Waals surface area contributed by atoms with Crippen LogP contribution >= 0.6 is 0 Å². The normalized spacial score (nSPS) is 23.8. The largest absolute Gasteiger partial charge is 0.381 e. The Balaban J connectivity index is 1.78. The van der Waals surface area contributed by atoms with Crippen LogP contribution in [0.15, 0.2) is 12.1 Å². The van der Waals surface area contributed by atoms with Gasteiger partial charge < -0.3 is 9.47 Å². The Kier molecular flexibility index (Phi) is 3.82. The Morgan fingerprint density at radius 1 is 1.26 bits per heavy atom. The van der Waals surface area contributed by atoms with Crippen LogP contribution in [0, 0.1) is 6.92 Å². The van der Waals surface area contributed by atoms with Gasteiger partial charge in [0.25, 0.3) is 0 Å². The summed E-state index contributed by atoms with van der Waals surface area (Å²) in [4.78, 5) is 7.11. The van der Waals surface area contributed by atoms with Crippen molar-refractivity contribution in [3.8, 4) is 0 Å². The van der Waals surface area contributed by atoms with Gasteiger partial charge in [-0.05, 0) is 32.0 Å². The molecule has 0 amide bonds. The summed E-state index contributed by atoms with van der Waals surface area (Å²) >= 11 is 0. The minimum atomic E-state index is 0.522. The van der Waals surface area contributed by atoms with E-state index in [4.69, 9.17) is 14.5 Å². The quantitative estimate of drug-likeness (QED) is 0.827. The van der Waals surface area contributed by atoms with Crippen LogP contribution in [0.1, 0.15) is 29.3 Å². The number of likely N-dealkylation sites (N-methyl/N-ethyl adjacent to an activating group) is 1. The van der Waals surface area contributed by atoms with Gasteiger partial charge in [-0.3, -0.25) is 9.88 Å². The summed E-state index contributed by atoms with van der Waals surface area (Å²) in [6, 6.07) is 4.90. The molecule has 2 aliphatic rings. The van der Waals surface area contributed by atoms with Crippen LogP contribution in [0.2, 0.25) is 0 Å². The highest BCUT2D eigenvalue weighted by Gasteiger charge is 2.26. The molecule has 2 fully saturated rings. The molecule has 0 N–H and O–H groups in total. The van der Waals surface area contributed by atoms with Crippen molar-refractivity contribution in [2.45, 2.75) is 31.8 Å². The van der Waals surface area contributed by atoms with Crippen LogP contribution in [0.4, 0.5) is 0 Å². The van der Waals surface area contributed by atoms with Crippen LogP contribution in [0.3, 0.4) is 0 Å². The monoisotopic (exact) mass is 262 g/mol. The van der Waals surface area contributed by atoms with Gasteiger partial charge in [-0.15, -0.1) is 0 Å². The van der Waals surface area contributed by atoms with Crippen LogP contribution in [-0.4, -0.2) is 49.4 Å². The number of pyridine rings is 1. The Morgan fingerprint density at radius 3 is 2.74 bits per heavy atom. The Morgan fingerprint density at radius 2 is 2.11 bits per heavy atom. The molecule has 4 heteroatoms. The van der Waals surface area contributed by atoms with Gasteiger partial charge in [-0.1, -0.05) is 6.07 Å². The zero-order chi connectivity index (χ0) is 13.2. The molecular weight excluding hydrogens is 240 g/mol. The zero-order valence-electron chi connectivity index (χ0n) is 11.8. The molecule has 1 aromatic rings. The molecule has 0 bridgehead atoms. The first-order chi connectivity index (χ1) is 9.24. The summed E-state index contributed by atoms with van der Waals surface area (Å²) in [7, 11) is 2.16. The summed E-state index contributed by atoms with van der Waals surface area (Å²) in [5, 5.41) is 0. The number of hydrogen-bond acceptors (Lipinski definition) is 4. The van der Waals surface area contributed by atoms with Gasteiger partial charge >= 0.3 is 0 Å². The maximum atomic E-state index is 5.52. The van der Waals surface area contributed by atoms with Gasteiger partial charge in [-0.25, -0.2) is 0 Å². The third-order valence-corrected chi connectivity index (χ3v) is 4.16. The van der Waals surface area contributed by atoms with Crippen molar-refractivity contribution in [2.24, 2.45) is 0 Å². The first-order valence-electron chi connectivity index (χ1n) is 7.06. The second-order valence-electron chi connectivity index (χ2n) is 5.66. The average molecular weight is 262 g/mol. The lowest BCUT2D eigenvalue weighted by Gasteiger charge is -2.34. The zero-order valence-corrected chi connectivity index (χ0v) is 11.8. The molecule has 3 heterocycles. The molecule has 1 atom stereocenters. The lowest BCUT2D eigenvalue weighted by atomic mass is 9.96. The molecule has 104 valence electrons. The molecule has 0 spiro atoms. The van der Waals surface area contributed by atoms with Crippen molar-refractivity contribution in [2.75, 3.05) is 33.5 Å². The van der Waals surface area contributed by atoms with E-state index >= 15 is 0 Å². The molecular formula is C15H22N2O2. The average Bonchev–Trinajstić information content (AvgIpc) is 2.80. The number of rotatable bonds is 4. The number of ether oxygens (including phenoxy) is 2. The summed E-state index contributed by atoms with van der Waals surface area (Å²) in [6.45, 7) is 6.39. The second-order valence-corrected chi connectivity index (χ2v) is 5.66. The van der Waals surface area contributed by atoms with Gasteiger partial charge in [0.15, 0.2) is 0 Å². The fourth-order valence-electron chi connectivity index (χ4n) is 2.74.